The Hall–Kier alpha value is -2.99. The molecule has 0 amide bonds. The van der Waals surface area contributed by atoms with Crippen molar-refractivity contribution in [2.75, 3.05) is 7.11 Å². The van der Waals surface area contributed by atoms with E-state index in [0.29, 0.717) is 11.3 Å². The third kappa shape index (κ3) is 4.76. The van der Waals surface area contributed by atoms with Crippen LogP contribution in [0.5, 0.6) is 5.75 Å². The maximum Gasteiger partial charge on any atom is 0.269 e. The largest absolute Gasteiger partial charge is 0.497 e. The molecule has 0 saturated heterocycles. The number of benzene rings is 2. The van der Waals surface area contributed by atoms with Crippen molar-refractivity contribution in [3.63, 3.8) is 0 Å². The highest BCUT2D eigenvalue weighted by Crippen LogP contribution is 2.21. The van der Waals surface area contributed by atoms with Crippen LogP contribution in [0.15, 0.2) is 54.6 Å². The number of nitrogens with zero attached hydrogens (tertiary/aromatic N) is 1. The maximum atomic E-state index is 11.9. The van der Waals surface area contributed by atoms with Crippen LogP contribution in [0.3, 0.4) is 0 Å². The number of ketones is 1. The first-order valence-corrected chi connectivity index (χ1v) is 7.27. The molecule has 1 atom stereocenters. The number of aliphatic hydroxyl groups is 1. The fourth-order valence-corrected chi connectivity index (χ4v) is 2.13. The summed E-state index contributed by atoms with van der Waals surface area (Å²) in [4.78, 5) is 22.0. The molecular weight excluding hydrogens is 310 g/mol. The summed E-state index contributed by atoms with van der Waals surface area (Å²) in [6, 6.07) is 12.7. The van der Waals surface area contributed by atoms with Crippen molar-refractivity contribution in [1.29, 1.82) is 0 Å². The van der Waals surface area contributed by atoms with Gasteiger partial charge in [0.05, 0.1) is 18.1 Å². The average molecular weight is 327 g/mol. The summed E-state index contributed by atoms with van der Waals surface area (Å²) in [7, 11) is 1.56. The van der Waals surface area contributed by atoms with Gasteiger partial charge in [-0.15, -0.1) is 0 Å². The van der Waals surface area contributed by atoms with Crippen LogP contribution in [0.4, 0.5) is 5.69 Å². The number of ether oxygens (including phenoxy) is 1. The van der Waals surface area contributed by atoms with E-state index in [4.69, 9.17) is 4.74 Å². The van der Waals surface area contributed by atoms with Gasteiger partial charge >= 0.3 is 0 Å². The van der Waals surface area contributed by atoms with Gasteiger partial charge in [-0.3, -0.25) is 14.9 Å². The lowest BCUT2D eigenvalue weighted by Crippen LogP contribution is -2.04. The molecule has 124 valence electrons. The maximum absolute atomic E-state index is 11.9. The number of nitro benzene ring substituents is 1. The lowest BCUT2D eigenvalue weighted by Gasteiger charge is -2.08. The average Bonchev–Trinajstić information content (AvgIpc) is 2.60. The van der Waals surface area contributed by atoms with Crippen molar-refractivity contribution < 1.29 is 19.6 Å². The molecule has 6 nitrogen and oxygen atoms in total. The fraction of sp³-hybridized carbons (Fsp3) is 0.167. The molecule has 0 aromatic heterocycles. The number of carbonyl (C=O) groups is 1. The summed E-state index contributed by atoms with van der Waals surface area (Å²) in [6.07, 6.45) is 1.93. The molecule has 0 radical (unpaired) electrons. The van der Waals surface area contributed by atoms with Crippen LogP contribution >= 0.6 is 0 Å². The molecule has 0 aliphatic heterocycles. The van der Waals surface area contributed by atoms with Crippen LogP contribution in [0.1, 0.15) is 23.7 Å². The van der Waals surface area contributed by atoms with Gasteiger partial charge in [-0.05, 0) is 41.5 Å². The highest BCUT2D eigenvalue weighted by atomic mass is 16.6. The van der Waals surface area contributed by atoms with Gasteiger partial charge in [0.15, 0.2) is 5.78 Å². The Bertz CT molecular complexity index is 752. The Balaban J connectivity index is 1.97. The van der Waals surface area contributed by atoms with Crippen molar-refractivity contribution in [3.05, 3.63) is 75.8 Å². The molecule has 2 aromatic carbocycles. The number of nitro groups is 1. The van der Waals surface area contributed by atoms with Gasteiger partial charge in [0, 0.05) is 18.6 Å². The van der Waals surface area contributed by atoms with E-state index < -0.39 is 11.0 Å². The standard InChI is InChI=1S/C18H17NO5/c1-24-17-4-2-3-13(11-17)5-10-16(20)12-18(21)14-6-8-15(9-7-14)19(22)23/h2-11,18,21H,12H2,1H3/b10-5+. The van der Waals surface area contributed by atoms with E-state index in [1.54, 1.807) is 25.3 Å². The minimum atomic E-state index is -1.01. The number of hydrogen-bond acceptors (Lipinski definition) is 5. The van der Waals surface area contributed by atoms with Gasteiger partial charge in [-0.2, -0.15) is 0 Å². The van der Waals surface area contributed by atoms with Crippen molar-refractivity contribution in [2.45, 2.75) is 12.5 Å². The predicted octanol–water partition coefficient (Wildman–Crippen LogP) is 3.31. The van der Waals surface area contributed by atoms with E-state index in [1.807, 2.05) is 12.1 Å². The van der Waals surface area contributed by atoms with E-state index in [-0.39, 0.29) is 17.9 Å². The van der Waals surface area contributed by atoms with Gasteiger partial charge < -0.3 is 9.84 Å². The number of aliphatic hydroxyl groups excluding tert-OH is 1. The second-order valence-corrected chi connectivity index (χ2v) is 5.14. The first-order chi connectivity index (χ1) is 11.5. The van der Waals surface area contributed by atoms with Gasteiger partial charge in [0.2, 0.25) is 0 Å². The third-order valence-electron chi connectivity index (χ3n) is 3.44. The van der Waals surface area contributed by atoms with Gasteiger partial charge in [-0.1, -0.05) is 18.2 Å². The second-order valence-electron chi connectivity index (χ2n) is 5.14. The Kier molecular flexibility index (Phi) is 5.81. The van der Waals surface area contributed by atoms with E-state index in [0.717, 1.165) is 5.56 Å². The van der Waals surface area contributed by atoms with Gasteiger partial charge in [-0.25, -0.2) is 0 Å². The van der Waals surface area contributed by atoms with E-state index >= 15 is 0 Å². The molecule has 0 aliphatic carbocycles. The molecule has 0 heterocycles. The quantitative estimate of drug-likeness (QED) is 0.479. The summed E-state index contributed by atoms with van der Waals surface area (Å²) in [6.45, 7) is 0. The Morgan fingerprint density at radius 2 is 2.00 bits per heavy atom. The number of hydrogen-bond donors (Lipinski definition) is 1. The SMILES string of the molecule is COc1cccc(/C=C/C(=O)CC(O)c2ccc([N+](=O)[O-])cc2)c1. The number of allylic oxidation sites excluding steroid dienone is 1. The smallest absolute Gasteiger partial charge is 0.269 e. The lowest BCUT2D eigenvalue weighted by molar-refractivity contribution is -0.384. The first-order valence-electron chi connectivity index (χ1n) is 7.27. The summed E-state index contributed by atoms with van der Waals surface area (Å²) in [5.41, 5.74) is 1.21. The lowest BCUT2D eigenvalue weighted by atomic mass is 10.0. The highest BCUT2D eigenvalue weighted by molar-refractivity contribution is 5.94. The normalized spacial score (nSPS) is 12.1. The molecule has 2 aromatic rings. The molecule has 0 spiro atoms. The number of carbonyl (C=O) groups excluding carboxylic acids is 1. The molecule has 6 heteroatoms. The van der Waals surface area contributed by atoms with E-state index in [2.05, 4.69) is 0 Å². The topological polar surface area (TPSA) is 89.7 Å². The van der Waals surface area contributed by atoms with Crippen molar-refractivity contribution >= 4 is 17.5 Å². The highest BCUT2D eigenvalue weighted by Gasteiger charge is 2.13. The molecule has 0 fully saturated rings. The molecule has 1 N–H and O–H groups in total. The number of rotatable bonds is 7. The van der Waals surface area contributed by atoms with E-state index in [1.165, 1.54) is 30.3 Å². The number of non-ortho nitro benzene ring substituents is 1. The minimum Gasteiger partial charge on any atom is -0.497 e. The zero-order valence-corrected chi connectivity index (χ0v) is 13.1. The summed E-state index contributed by atoms with van der Waals surface area (Å²) in [5.74, 6) is 0.444. The van der Waals surface area contributed by atoms with Crippen LogP contribution < -0.4 is 4.74 Å². The first kappa shape index (κ1) is 17.4. The summed E-state index contributed by atoms with van der Waals surface area (Å²) in [5, 5.41) is 20.7. The van der Waals surface area contributed by atoms with Crippen molar-refractivity contribution in [1.82, 2.24) is 0 Å². The summed E-state index contributed by atoms with van der Waals surface area (Å²) >= 11 is 0. The van der Waals surface area contributed by atoms with Crippen LogP contribution in [-0.4, -0.2) is 22.9 Å². The zero-order valence-electron chi connectivity index (χ0n) is 13.1. The monoisotopic (exact) mass is 327 g/mol. The molecule has 24 heavy (non-hydrogen) atoms. The molecule has 0 aliphatic rings. The Labute approximate surface area is 139 Å². The molecule has 0 bridgehead atoms. The van der Waals surface area contributed by atoms with Gasteiger partial charge in [0.1, 0.15) is 5.75 Å². The predicted molar refractivity (Wildman–Crippen MR) is 89.7 cm³/mol. The molecule has 0 saturated carbocycles. The third-order valence-corrected chi connectivity index (χ3v) is 3.44. The molecule has 2 rings (SSSR count). The molecule has 1 unspecified atom stereocenters. The van der Waals surface area contributed by atoms with Crippen LogP contribution in [0.25, 0.3) is 6.08 Å². The van der Waals surface area contributed by atoms with Crippen LogP contribution in [0.2, 0.25) is 0 Å². The Morgan fingerprint density at radius 3 is 2.62 bits per heavy atom. The van der Waals surface area contributed by atoms with Crippen LogP contribution in [-0.2, 0) is 4.79 Å². The van der Waals surface area contributed by atoms with Crippen molar-refractivity contribution in [2.24, 2.45) is 0 Å². The summed E-state index contributed by atoms with van der Waals surface area (Å²) < 4.78 is 5.10. The Morgan fingerprint density at radius 1 is 1.29 bits per heavy atom. The molecular formula is C18H17NO5. The second kappa shape index (κ2) is 8.03. The van der Waals surface area contributed by atoms with Crippen LogP contribution in [0, 0.1) is 10.1 Å². The zero-order chi connectivity index (χ0) is 17.5. The minimum absolute atomic E-state index is 0.0600. The van der Waals surface area contributed by atoms with Gasteiger partial charge in [0.25, 0.3) is 5.69 Å². The fourth-order valence-electron chi connectivity index (χ4n) is 2.13. The van der Waals surface area contributed by atoms with E-state index in [9.17, 15) is 20.0 Å². The number of methoxy groups -OCH3 is 1. The van der Waals surface area contributed by atoms with Crippen molar-refractivity contribution in [3.8, 4) is 5.75 Å².